The fourth-order valence-corrected chi connectivity index (χ4v) is 1.80. The van der Waals surface area contributed by atoms with E-state index in [9.17, 15) is 14.9 Å². The summed E-state index contributed by atoms with van der Waals surface area (Å²) < 4.78 is 0. The predicted molar refractivity (Wildman–Crippen MR) is 80.0 cm³/mol. The maximum Gasteiger partial charge on any atom is 0.276 e. The summed E-state index contributed by atoms with van der Waals surface area (Å²) in [6.07, 6.45) is 4.07. The Kier molecular flexibility index (Phi) is 4.63. The van der Waals surface area contributed by atoms with Gasteiger partial charge in [0.2, 0.25) is 5.91 Å². The number of para-hydroxylation sites is 1. The van der Waals surface area contributed by atoms with Gasteiger partial charge in [0.05, 0.1) is 10.5 Å². The molecule has 0 aliphatic carbocycles. The highest BCUT2D eigenvalue weighted by molar-refractivity contribution is 6.29. The van der Waals surface area contributed by atoms with Crippen LogP contribution in [0.3, 0.4) is 0 Å². The number of anilines is 1. The molecule has 0 aliphatic heterocycles. The number of rotatable bonds is 4. The van der Waals surface area contributed by atoms with Crippen molar-refractivity contribution in [1.82, 2.24) is 4.98 Å². The molecule has 1 aromatic carbocycles. The average Bonchev–Trinajstić information content (AvgIpc) is 2.45. The van der Waals surface area contributed by atoms with Crippen molar-refractivity contribution < 1.29 is 9.72 Å². The van der Waals surface area contributed by atoms with E-state index in [4.69, 9.17) is 11.6 Å². The molecule has 1 heterocycles. The van der Waals surface area contributed by atoms with E-state index < -0.39 is 10.8 Å². The molecule has 0 saturated carbocycles. The predicted octanol–water partition coefficient (Wildman–Crippen LogP) is 3.30. The van der Waals surface area contributed by atoms with Gasteiger partial charge in [0.25, 0.3) is 5.69 Å². The van der Waals surface area contributed by atoms with E-state index in [0.717, 1.165) is 0 Å². The molecule has 0 bridgehead atoms. The summed E-state index contributed by atoms with van der Waals surface area (Å²) >= 11 is 5.70. The number of hydrogen-bond donors (Lipinski definition) is 1. The van der Waals surface area contributed by atoms with Crippen LogP contribution in [0, 0.1) is 10.1 Å². The standard InChI is InChI=1S/C14H10ClN3O3/c15-13-9-11(7-8-16-13)17-14(19)6-5-10-3-1-2-4-12(10)18(20)21/h1-9H,(H,16,17,19)/b6-5+. The summed E-state index contributed by atoms with van der Waals surface area (Å²) in [6.45, 7) is 0. The highest BCUT2D eigenvalue weighted by atomic mass is 35.5. The van der Waals surface area contributed by atoms with Crippen molar-refractivity contribution in [3.8, 4) is 0 Å². The lowest BCUT2D eigenvalue weighted by molar-refractivity contribution is -0.385. The summed E-state index contributed by atoms with van der Waals surface area (Å²) in [7, 11) is 0. The van der Waals surface area contributed by atoms with Crippen molar-refractivity contribution in [3.63, 3.8) is 0 Å². The zero-order valence-electron chi connectivity index (χ0n) is 10.7. The molecule has 6 nitrogen and oxygen atoms in total. The Labute approximate surface area is 125 Å². The minimum absolute atomic E-state index is 0.0616. The van der Waals surface area contributed by atoms with Crippen molar-refractivity contribution in [1.29, 1.82) is 0 Å². The second-order valence-corrected chi connectivity index (χ2v) is 4.39. The molecule has 7 heteroatoms. The van der Waals surface area contributed by atoms with Crippen LogP contribution >= 0.6 is 11.6 Å². The third-order valence-corrected chi connectivity index (χ3v) is 2.75. The van der Waals surface area contributed by atoms with Gasteiger partial charge < -0.3 is 5.32 Å². The lowest BCUT2D eigenvalue weighted by Crippen LogP contribution is -2.07. The second kappa shape index (κ2) is 6.62. The van der Waals surface area contributed by atoms with Crippen molar-refractivity contribution in [3.05, 3.63) is 69.5 Å². The molecule has 0 radical (unpaired) electrons. The van der Waals surface area contributed by atoms with Crippen LogP contribution in [0.1, 0.15) is 5.56 Å². The molecule has 2 rings (SSSR count). The van der Waals surface area contributed by atoms with Gasteiger partial charge in [-0.25, -0.2) is 4.98 Å². The maximum atomic E-state index is 11.7. The van der Waals surface area contributed by atoms with E-state index in [1.807, 2.05) is 0 Å². The molecule has 21 heavy (non-hydrogen) atoms. The van der Waals surface area contributed by atoms with Gasteiger partial charge in [0, 0.05) is 24.0 Å². The number of amides is 1. The summed E-state index contributed by atoms with van der Waals surface area (Å²) in [4.78, 5) is 25.9. The van der Waals surface area contributed by atoms with E-state index in [-0.39, 0.29) is 10.8 Å². The van der Waals surface area contributed by atoms with Gasteiger partial charge in [-0.3, -0.25) is 14.9 Å². The first-order valence-electron chi connectivity index (χ1n) is 5.90. The topological polar surface area (TPSA) is 85.1 Å². The normalized spacial score (nSPS) is 10.5. The van der Waals surface area contributed by atoms with E-state index >= 15 is 0 Å². The molecule has 1 N–H and O–H groups in total. The third kappa shape index (κ3) is 4.12. The minimum atomic E-state index is -0.500. The van der Waals surface area contributed by atoms with Gasteiger partial charge >= 0.3 is 0 Å². The van der Waals surface area contributed by atoms with E-state index in [2.05, 4.69) is 10.3 Å². The van der Waals surface area contributed by atoms with Crippen molar-refractivity contribution in [2.24, 2.45) is 0 Å². The van der Waals surface area contributed by atoms with Crippen LogP contribution in [-0.2, 0) is 4.79 Å². The number of nitrogens with one attached hydrogen (secondary N) is 1. The zero-order valence-corrected chi connectivity index (χ0v) is 11.4. The molecule has 1 aromatic heterocycles. The lowest BCUT2D eigenvalue weighted by Gasteiger charge is -2.01. The fraction of sp³-hybridized carbons (Fsp3) is 0. The minimum Gasteiger partial charge on any atom is -0.322 e. The van der Waals surface area contributed by atoms with Gasteiger partial charge in [-0.2, -0.15) is 0 Å². The van der Waals surface area contributed by atoms with Crippen molar-refractivity contribution in [2.75, 3.05) is 5.32 Å². The molecule has 0 spiro atoms. The summed E-state index contributed by atoms with van der Waals surface area (Å²) in [5, 5.41) is 13.7. The Hall–Kier alpha value is -2.73. The van der Waals surface area contributed by atoms with Gasteiger partial charge in [-0.15, -0.1) is 0 Å². The average molecular weight is 304 g/mol. The molecule has 0 aliphatic rings. The highest BCUT2D eigenvalue weighted by Gasteiger charge is 2.09. The van der Waals surface area contributed by atoms with Crippen LogP contribution in [0.25, 0.3) is 6.08 Å². The zero-order chi connectivity index (χ0) is 15.2. The molecule has 0 atom stereocenters. The first-order chi connectivity index (χ1) is 10.1. The Balaban J connectivity index is 2.11. The third-order valence-electron chi connectivity index (χ3n) is 2.54. The van der Waals surface area contributed by atoms with Crippen LogP contribution in [-0.4, -0.2) is 15.8 Å². The van der Waals surface area contributed by atoms with Crippen LogP contribution < -0.4 is 5.32 Å². The number of carbonyl (C=O) groups excluding carboxylic acids is 1. The Morgan fingerprint density at radius 3 is 2.81 bits per heavy atom. The molecule has 1 amide bonds. The number of halogens is 1. The number of aromatic nitrogens is 1. The molecule has 2 aromatic rings. The maximum absolute atomic E-state index is 11.7. The van der Waals surface area contributed by atoms with Gasteiger partial charge in [0.15, 0.2) is 0 Å². The molecular weight excluding hydrogens is 294 g/mol. The van der Waals surface area contributed by atoms with Crippen LogP contribution in [0.2, 0.25) is 5.15 Å². The molecule has 0 fully saturated rings. The summed E-state index contributed by atoms with van der Waals surface area (Å²) in [5.41, 5.74) is 0.783. The van der Waals surface area contributed by atoms with E-state index in [0.29, 0.717) is 11.3 Å². The highest BCUT2D eigenvalue weighted by Crippen LogP contribution is 2.19. The van der Waals surface area contributed by atoms with Crippen LogP contribution in [0.4, 0.5) is 11.4 Å². The van der Waals surface area contributed by atoms with E-state index in [1.165, 1.54) is 30.5 Å². The first-order valence-corrected chi connectivity index (χ1v) is 6.28. The molecular formula is C14H10ClN3O3. The summed E-state index contributed by atoms with van der Waals surface area (Å²) in [6, 6.07) is 9.24. The number of nitro benzene ring substituents is 1. The molecule has 106 valence electrons. The fourth-order valence-electron chi connectivity index (χ4n) is 1.62. The van der Waals surface area contributed by atoms with Gasteiger partial charge in [-0.1, -0.05) is 23.7 Å². The quantitative estimate of drug-likeness (QED) is 0.406. The molecule has 0 saturated heterocycles. The Morgan fingerprint density at radius 1 is 1.33 bits per heavy atom. The van der Waals surface area contributed by atoms with Gasteiger partial charge in [-0.05, 0) is 24.3 Å². The van der Waals surface area contributed by atoms with Gasteiger partial charge in [0.1, 0.15) is 5.15 Å². The van der Waals surface area contributed by atoms with Crippen molar-refractivity contribution in [2.45, 2.75) is 0 Å². The van der Waals surface area contributed by atoms with Crippen molar-refractivity contribution >= 4 is 35.0 Å². The smallest absolute Gasteiger partial charge is 0.276 e. The second-order valence-electron chi connectivity index (χ2n) is 4.01. The van der Waals surface area contributed by atoms with Crippen LogP contribution in [0.15, 0.2) is 48.7 Å². The molecule has 0 unspecified atom stereocenters. The number of hydrogen-bond acceptors (Lipinski definition) is 4. The first kappa shape index (κ1) is 14.7. The number of benzene rings is 1. The lowest BCUT2D eigenvalue weighted by atomic mass is 10.1. The summed E-state index contributed by atoms with van der Waals surface area (Å²) in [5.74, 6) is -0.421. The SMILES string of the molecule is O=C(/C=C/c1ccccc1[N+](=O)[O-])Nc1ccnc(Cl)c1. The van der Waals surface area contributed by atoms with Crippen LogP contribution in [0.5, 0.6) is 0 Å². The largest absolute Gasteiger partial charge is 0.322 e. The van der Waals surface area contributed by atoms with E-state index in [1.54, 1.807) is 24.3 Å². The number of nitro groups is 1. The number of pyridine rings is 1. The Bertz CT molecular complexity index is 716. The Morgan fingerprint density at radius 2 is 2.10 bits per heavy atom. The number of carbonyl (C=O) groups is 1. The monoisotopic (exact) mass is 303 g/mol. The number of nitrogens with zero attached hydrogens (tertiary/aromatic N) is 2.